The third kappa shape index (κ3) is 3.29. The monoisotopic (exact) mass is 262 g/mol. The molecule has 1 unspecified atom stereocenters. The van der Waals surface area contributed by atoms with E-state index in [0.29, 0.717) is 6.42 Å². The summed E-state index contributed by atoms with van der Waals surface area (Å²) in [6.07, 6.45) is 1.53. The Balaban J connectivity index is 2.93. The van der Waals surface area contributed by atoms with Crippen LogP contribution in [0.1, 0.15) is 23.8 Å². The van der Waals surface area contributed by atoms with Crippen molar-refractivity contribution in [3.8, 4) is 0 Å². The average Bonchev–Trinajstić information content (AvgIpc) is 2.75. The van der Waals surface area contributed by atoms with Gasteiger partial charge in [-0.3, -0.25) is 0 Å². The number of carboxylic acid groups (broad SMARTS) is 1. The van der Waals surface area contributed by atoms with Gasteiger partial charge in [0.05, 0.1) is 6.61 Å². The Morgan fingerprint density at radius 3 is 2.65 bits per heavy atom. The van der Waals surface area contributed by atoms with Crippen LogP contribution in [0.5, 0.6) is 0 Å². The number of aromatic nitrogens is 1. The van der Waals surface area contributed by atoms with E-state index < -0.39 is 22.0 Å². The molecule has 17 heavy (non-hydrogen) atoms. The molecule has 0 aromatic carbocycles. The number of aromatic amines is 1. The van der Waals surface area contributed by atoms with Crippen molar-refractivity contribution in [2.45, 2.75) is 24.3 Å². The van der Waals surface area contributed by atoms with Crippen LogP contribution in [0, 0.1) is 0 Å². The van der Waals surface area contributed by atoms with E-state index in [-0.39, 0.29) is 17.2 Å². The quantitative estimate of drug-likeness (QED) is 0.564. The summed E-state index contributed by atoms with van der Waals surface area (Å²) in [5.74, 6) is -1.24. The van der Waals surface area contributed by atoms with Crippen LogP contribution in [0.15, 0.2) is 17.2 Å². The number of hydrogen-bond acceptors (Lipinski definition) is 4. The molecular weight excluding hydrogens is 248 g/mol. The molecule has 0 bridgehead atoms. The Kier molecular flexibility index (Phi) is 4.27. The highest BCUT2D eigenvalue weighted by Gasteiger charge is 2.21. The number of nitrogens with one attached hydrogen (secondary N) is 2. The largest absolute Gasteiger partial charge is 0.477 e. The van der Waals surface area contributed by atoms with Crippen molar-refractivity contribution in [3.63, 3.8) is 0 Å². The van der Waals surface area contributed by atoms with E-state index in [1.54, 1.807) is 6.92 Å². The SMILES string of the molecule is CCC(CO)NS(=O)(=O)c1c[nH]c(C(=O)O)c1. The average molecular weight is 262 g/mol. The number of sulfonamides is 1. The molecule has 0 spiro atoms. The lowest BCUT2D eigenvalue weighted by molar-refractivity contribution is 0.0691. The molecule has 0 aliphatic heterocycles. The number of aromatic carboxylic acids is 1. The summed E-state index contributed by atoms with van der Waals surface area (Å²) >= 11 is 0. The second-order valence-corrected chi connectivity index (χ2v) is 5.18. The van der Waals surface area contributed by atoms with Crippen molar-refractivity contribution in [1.29, 1.82) is 0 Å². The van der Waals surface area contributed by atoms with E-state index >= 15 is 0 Å². The molecule has 0 amide bonds. The molecule has 0 aliphatic carbocycles. The molecule has 0 radical (unpaired) electrons. The first-order valence-corrected chi connectivity index (χ1v) is 6.44. The van der Waals surface area contributed by atoms with Gasteiger partial charge in [-0.2, -0.15) is 0 Å². The molecule has 4 N–H and O–H groups in total. The van der Waals surface area contributed by atoms with Gasteiger partial charge in [-0.25, -0.2) is 17.9 Å². The molecule has 1 rings (SSSR count). The molecule has 1 aromatic rings. The van der Waals surface area contributed by atoms with Crippen molar-refractivity contribution < 1.29 is 23.4 Å². The van der Waals surface area contributed by atoms with E-state index in [0.717, 1.165) is 12.3 Å². The van der Waals surface area contributed by atoms with Gasteiger partial charge in [0.15, 0.2) is 0 Å². The standard InChI is InChI=1S/C9H14N2O5S/c1-2-6(5-12)11-17(15,16)7-3-8(9(13)14)10-4-7/h3-4,6,10-12H,2,5H2,1H3,(H,13,14). The second kappa shape index (κ2) is 5.30. The highest BCUT2D eigenvalue weighted by Crippen LogP contribution is 2.11. The number of aliphatic hydroxyl groups is 1. The fourth-order valence-corrected chi connectivity index (χ4v) is 2.49. The van der Waals surface area contributed by atoms with Crippen molar-refractivity contribution >= 4 is 16.0 Å². The molecule has 7 nitrogen and oxygen atoms in total. The highest BCUT2D eigenvalue weighted by atomic mass is 32.2. The topological polar surface area (TPSA) is 119 Å². The van der Waals surface area contributed by atoms with Gasteiger partial charge in [0.1, 0.15) is 10.6 Å². The molecule has 8 heteroatoms. The lowest BCUT2D eigenvalue weighted by atomic mass is 10.3. The summed E-state index contributed by atoms with van der Waals surface area (Å²) in [4.78, 5) is 12.8. The van der Waals surface area contributed by atoms with E-state index in [1.807, 2.05) is 0 Å². The van der Waals surface area contributed by atoms with Gasteiger partial charge in [0, 0.05) is 12.2 Å². The molecular formula is C9H14N2O5S. The zero-order valence-corrected chi connectivity index (χ0v) is 9.99. The number of rotatable bonds is 6. The molecule has 1 heterocycles. The van der Waals surface area contributed by atoms with Crippen LogP contribution >= 0.6 is 0 Å². The minimum Gasteiger partial charge on any atom is -0.477 e. The Morgan fingerprint density at radius 1 is 1.59 bits per heavy atom. The van der Waals surface area contributed by atoms with Crippen molar-refractivity contribution in [2.75, 3.05) is 6.61 Å². The van der Waals surface area contributed by atoms with Crippen LogP contribution in [-0.2, 0) is 10.0 Å². The van der Waals surface area contributed by atoms with Gasteiger partial charge >= 0.3 is 5.97 Å². The molecule has 1 aromatic heterocycles. The Labute approximate surface area is 98.5 Å². The lowest BCUT2D eigenvalue weighted by Gasteiger charge is -2.13. The first-order valence-electron chi connectivity index (χ1n) is 4.95. The molecule has 0 aliphatic rings. The van der Waals surface area contributed by atoms with Crippen LogP contribution in [-0.4, -0.2) is 42.2 Å². The Hall–Kier alpha value is -1.38. The molecule has 0 fully saturated rings. The normalized spacial score (nSPS) is 13.5. The minimum atomic E-state index is -3.80. The molecule has 96 valence electrons. The number of aliphatic hydroxyl groups excluding tert-OH is 1. The summed E-state index contributed by atoms with van der Waals surface area (Å²) in [7, 11) is -3.80. The summed E-state index contributed by atoms with van der Waals surface area (Å²) in [6, 6.07) is 0.442. The van der Waals surface area contributed by atoms with E-state index in [4.69, 9.17) is 10.2 Å². The molecule has 1 atom stereocenters. The van der Waals surface area contributed by atoms with Crippen LogP contribution in [0.4, 0.5) is 0 Å². The van der Waals surface area contributed by atoms with Gasteiger partial charge in [-0.05, 0) is 12.5 Å². The number of H-pyrrole nitrogens is 1. The summed E-state index contributed by atoms with van der Waals surface area (Å²) in [5.41, 5.74) is -0.206. The maximum absolute atomic E-state index is 11.8. The van der Waals surface area contributed by atoms with Gasteiger partial charge in [-0.15, -0.1) is 0 Å². The smallest absolute Gasteiger partial charge is 0.352 e. The summed E-state index contributed by atoms with van der Waals surface area (Å²) in [6.45, 7) is 1.41. The van der Waals surface area contributed by atoms with Crippen LogP contribution in [0.2, 0.25) is 0 Å². The lowest BCUT2D eigenvalue weighted by Crippen LogP contribution is -2.36. The van der Waals surface area contributed by atoms with Crippen LogP contribution < -0.4 is 4.72 Å². The maximum atomic E-state index is 11.8. The van der Waals surface area contributed by atoms with Gasteiger partial charge in [-0.1, -0.05) is 6.92 Å². The van der Waals surface area contributed by atoms with Crippen LogP contribution in [0.25, 0.3) is 0 Å². The molecule has 0 saturated heterocycles. The third-order valence-electron chi connectivity index (χ3n) is 2.23. The minimum absolute atomic E-state index is 0.165. The van der Waals surface area contributed by atoms with Gasteiger partial charge in [0.2, 0.25) is 10.0 Å². The first-order chi connectivity index (χ1) is 7.90. The van der Waals surface area contributed by atoms with Crippen molar-refractivity contribution in [1.82, 2.24) is 9.71 Å². The number of carbonyl (C=O) groups is 1. The summed E-state index contributed by atoms with van der Waals surface area (Å²) in [5, 5.41) is 17.6. The Bertz CT molecular complexity index is 489. The fourth-order valence-electron chi connectivity index (χ4n) is 1.19. The Morgan fingerprint density at radius 2 is 2.24 bits per heavy atom. The van der Waals surface area contributed by atoms with E-state index in [2.05, 4.69) is 9.71 Å². The maximum Gasteiger partial charge on any atom is 0.352 e. The number of hydrogen-bond donors (Lipinski definition) is 4. The third-order valence-corrected chi connectivity index (χ3v) is 3.73. The summed E-state index contributed by atoms with van der Waals surface area (Å²) < 4.78 is 25.8. The van der Waals surface area contributed by atoms with Gasteiger partial charge < -0.3 is 15.2 Å². The predicted molar refractivity (Wildman–Crippen MR) is 59.2 cm³/mol. The zero-order chi connectivity index (χ0) is 13.1. The second-order valence-electron chi connectivity index (χ2n) is 3.46. The first kappa shape index (κ1) is 13.7. The highest BCUT2D eigenvalue weighted by molar-refractivity contribution is 7.89. The van der Waals surface area contributed by atoms with Crippen molar-refractivity contribution in [2.24, 2.45) is 0 Å². The van der Waals surface area contributed by atoms with Crippen LogP contribution in [0.3, 0.4) is 0 Å². The molecule has 0 saturated carbocycles. The van der Waals surface area contributed by atoms with E-state index in [1.165, 1.54) is 0 Å². The van der Waals surface area contributed by atoms with Crippen molar-refractivity contribution in [3.05, 3.63) is 18.0 Å². The predicted octanol–water partition coefficient (Wildman–Crippen LogP) is -0.238. The van der Waals surface area contributed by atoms with E-state index in [9.17, 15) is 13.2 Å². The number of carboxylic acids is 1. The fraction of sp³-hybridized carbons (Fsp3) is 0.444. The zero-order valence-electron chi connectivity index (χ0n) is 9.17. The van der Waals surface area contributed by atoms with Gasteiger partial charge in [0.25, 0.3) is 0 Å².